The van der Waals surface area contributed by atoms with Crippen LogP contribution in [0.25, 0.3) is 0 Å². The molecule has 0 heterocycles. The minimum Gasteiger partial charge on any atom is -1.00 e. The van der Waals surface area contributed by atoms with E-state index in [0.29, 0.717) is 11.8 Å². The average molecular weight is 509 g/mol. The van der Waals surface area contributed by atoms with Crippen molar-refractivity contribution in [3.05, 3.63) is 127 Å². The molecule has 31 heavy (non-hydrogen) atoms. The van der Waals surface area contributed by atoms with Gasteiger partial charge < -0.3 is 24.4 Å². The van der Waals surface area contributed by atoms with Crippen LogP contribution >= 0.6 is 0 Å². The van der Waals surface area contributed by atoms with Crippen molar-refractivity contribution in [1.82, 2.24) is 0 Å². The summed E-state index contributed by atoms with van der Waals surface area (Å²) >= 11 is 0. The molecule has 0 aliphatic heterocycles. The second-order valence-corrected chi connectivity index (χ2v) is 7.65. The van der Waals surface area contributed by atoms with Gasteiger partial charge in [-0.05, 0) is 23.0 Å². The van der Waals surface area contributed by atoms with Gasteiger partial charge in [0.25, 0.3) is 0 Å². The maximum Gasteiger partial charge on any atom is 4.00 e. The van der Waals surface area contributed by atoms with Gasteiger partial charge in [0.2, 0.25) is 0 Å². The summed E-state index contributed by atoms with van der Waals surface area (Å²) in [5.74, 6) is 1.20. The Hall–Kier alpha value is -1.41. The van der Waals surface area contributed by atoms with E-state index in [2.05, 4.69) is 111 Å². The van der Waals surface area contributed by atoms with Gasteiger partial charge in [-0.25, -0.2) is 23.3 Å². The smallest absolute Gasteiger partial charge is 1.00 e. The predicted molar refractivity (Wildman–Crippen MR) is 126 cm³/mol. The summed E-state index contributed by atoms with van der Waals surface area (Å²) in [7, 11) is 0. The molecule has 0 amide bonds. The molecular weight excluding hydrogens is 476 g/mol. The van der Waals surface area contributed by atoms with Crippen LogP contribution in [0.5, 0.6) is 0 Å². The van der Waals surface area contributed by atoms with Gasteiger partial charge in [0, 0.05) is 0 Å². The largest absolute Gasteiger partial charge is 4.00 e. The third kappa shape index (κ3) is 10.2. The number of benzene rings is 2. The van der Waals surface area contributed by atoms with Crippen LogP contribution in [0, 0.1) is 19.6 Å². The van der Waals surface area contributed by atoms with Gasteiger partial charge in [-0.1, -0.05) is 87.4 Å². The minimum atomic E-state index is 0. The molecule has 2 aromatic rings. The molecule has 2 unspecified atom stereocenters. The first-order valence-corrected chi connectivity index (χ1v) is 10.3. The summed E-state index contributed by atoms with van der Waals surface area (Å²) in [5, 5.41) is 0. The molecule has 0 N–H and O–H groups in total. The third-order valence-corrected chi connectivity index (χ3v) is 5.32. The minimum absolute atomic E-state index is 0. The predicted octanol–water partition coefficient (Wildman–Crippen LogP) is 5.19. The molecule has 0 radical (unpaired) electrons. The van der Waals surface area contributed by atoms with Gasteiger partial charge in [0.15, 0.2) is 0 Å². The zero-order chi connectivity index (χ0) is 19.6. The Labute approximate surface area is 215 Å². The average Bonchev–Trinajstić information content (AvgIpc) is 3.44. The molecule has 2 aliphatic carbocycles. The summed E-state index contributed by atoms with van der Waals surface area (Å²) in [6.45, 7) is 4.55. The van der Waals surface area contributed by atoms with Crippen LogP contribution in [0.15, 0.2) is 96.1 Å². The maximum absolute atomic E-state index is 3.36. The van der Waals surface area contributed by atoms with Crippen molar-refractivity contribution < 1.29 is 38.7 Å². The van der Waals surface area contributed by atoms with Crippen LogP contribution in [0.2, 0.25) is 0 Å². The molecular formula is C29H33BrTi. The van der Waals surface area contributed by atoms with Crippen LogP contribution in [0.4, 0.5) is 0 Å². The van der Waals surface area contributed by atoms with Crippen molar-refractivity contribution in [2.45, 2.75) is 51.4 Å². The molecule has 0 aromatic heterocycles. The molecule has 2 heteroatoms. The van der Waals surface area contributed by atoms with E-state index in [1.165, 1.54) is 22.3 Å². The van der Waals surface area contributed by atoms with Crippen molar-refractivity contribution in [3.8, 4) is 0 Å². The van der Waals surface area contributed by atoms with Crippen molar-refractivity contribution in [3.63, 3.8) is 0 Å². The Balaban J connectivity index is 0.000000529. The number of halogens is 1. The van der Waals surface area contributed by atoms with Crippen LogP contribution in [0.1, 0.15) is 62.5 Å². The Kier molecular flexibility index (Phi) is 15.5. The van der Waals surface area contributed by atoms with Gasteiger partial charge >= 0.3 is 21.7 Å². The van der Waals surface area contributed by atoms with Crippen molar-refractivity contribution in [1.29, 1.82) is 0 Å². The van der Waals surface area contributed by atoms with E-state index in [1.807, 2.05) is 0 Å². The molecule has 0 nitrogen and oxygen atoms in total. The van der Waals surface area contributed by atoms with Crippen LogP contribution in [0.3, 0.4) is 0 Å². The first-order valence-electron chi connectivity index (χ1n) is 10.3. The first-order chi connectivity index (χ1) is 13.7. The molecule has 2 atom stereocenters. The molecule has 0 saturated carbocycles. The summed E-state index contributed by atoms with van der Waals surface area (Å²) in [6.07, 6.45) is 19.7. The molecule has 0 fully saturated rings. The standard InChI is InChI=1S/2C14H15.CH3.BrH.Ti/c2*1-12(11-13-7-5-6-8-13)14-9-3-2-4-10-14;;;/h2*2-5,7,9-10,12H,6,11H2,1H3;1H3;1H;/q3*-1;;+4/p-1. The van der Waals surface area contributed by atoms with E-state index < -0.39 is 0 Å². The molecule has 0 spiro atoms. The first kappa shape index (κ1) is 29.6. The topological polar surface area (TPSA) is 0 Å². The normalized spacial score (nSPS) is 15.2. The zero-order valence-corrected chi connectivity index (χ0v) is 22.1. The van der Waals surface area contributed by atoms with E-state index in [9.17, 15) is 0 Å². The van der Waals surface area contributed by atoms with Crippen LogP contribution in [-0.4, -0.2) is 0 Å². The van der Waals surface area contributed by atoms with Crippen LogP contribution in [-0.2, 0) is 21.7 Å². The molecule has 2 aliphatic rings. The Morgan fingerprint density at radius 1 is 0.677 bits per heavy atom. The number of rotatable bonds is 6. The van der Waals surface area contributed by atoms with Gasteiger partial charge in [-0.2, -0.15) is 12.2 Å². The summed E-state index contributed by atoms with van der Waals surface area (Å²) in [5.41, 5.74) is 5.56. The third-order valence-electron chi connectivity index (χ3n) is 5.32. The number of hydrogen-bond donors (Lipinski definition) is 0. The summed E-state index contributed by atoms with van der Waals surface area (Å²) < 4.78 is 0. The van der Waals surface area contributed by atoms with E-state index in [4.69, 9.17) is 0 Å². The second kappa shape index (κ2) is 16.3. The Bertz CT molecular complexity index is 773. The van der Waals surface area contributed by atoms with E-state index in [-0.39, 0.29) is 46.1 Å². The maximum atomic E-state index is 3.36. The molecule has 2 aromatic carbocycles. The van der Waals surface area contributed by atoms with Crippen LogP contribution < -0.4 is 17.0 Å². The fourth-order valence-electron chi connectivity index (χ4n) is 3.64. The molecule has 0 saturated heterocycles. The summed E-state index contributed by atoms with van der Waals surface area (Å²) in [6, 6.07) is 21.3. The zero-order valence-electron chi connectivity index (χ0n) is 18.9. The van der Waals surface area contributed by atoms with Gasteiger partial charge in [-0.3, -0.25) is 12.2 Å². The SMILES string of the molecule is CC(CC1=[C-]CC=C1)c1ccccc1.CC(CC1=[C-]CC=C1)c1ccccc1.[Br-].[CH3-].[Ti+4]. The molecule has 0 bridgehead atoms. The number of hydrogen-bond acceptors (Lipinski definition) is 0. The van der Waals surface area contributed by atoms with E-state index >= 15 is 0 Å². The molecule has 160 valence electrons. The molecule has 4 rings (SSSR count). The monoisotopic (exact) mass is 508 g/mol. The fraction of sp³-hybridized carbons (Fsp3) is 0.276. The van der Waals surface area contributed by atoms with Crippen molar-refractivity contribution in [2.75, 3.05) is 0 Å². The van der Waals surface area contributed by atoms with Crippen molar-refractivity contribution in [2.24, 2.45) is 0 Å². The van der Waals surface area contributed by atoms with Gasteiger partial charge in [0.1, 0.15) is 0 Å². The summed E-state index contributed by atoms with van der Waals surface area (Å²) in [4.78, 5) is 0. The van der Waals surface area contributed by atoms with Gasteiger partial charge in [0.05, 0.1) is 0 Å². The van der Waals surface area contributed by atoms with E-state index in [0.717, 1.165) is 25.7 Å². The van der Waals surface area contributed by atoms with Gasteiger partial charge in [-0.15, -0.1) is 12.8 Å². The Morgan fingerprint density at radius 2 is 1.03 bits per heavy atom. The van der Waals surface area contributed by atoms with Crippen molar-refractivity contribution >= 4 is 0 Å². The van der Waals surface area contributed by atoms with E-state index in [1.54, 1.807) is 0 Å². The number of allylic oxidation sites excluding steroid dienone is 8. The quantitative estimate of drug-likeness (QED) is 0.372. The Morgan fingerprint density at radius 3 is 1.32 bits per heavy atom. The second-order valence-electron chi connectivity index (χ2n) is 7.65. The fourth-order valence-corrected chi connectivity index (χ4v) is 3.64.